The molecule has 1 aromatic carbocycles. The van der Waals surface area contributed by atoms with E-state index in [1.807, 2.05) is 0 Å². The van der Waals surface area contributed by atoms with Gasteiger partial charge in [0, 0.05) is 19.3 Å². The Morgan fingerprint density at radius 2 is 2.09 bits per heavy atom. The molecule has 7 nitrogen and oxygen atoms in total. The summed E-state index contributed by atoms with van der Waals surface area (Å²) in [6, 6.07) is 8.16. The van der Waals surface area contributed by atoms with E-state index in [0.29, 0.717) is 16.9 Å². The zero-order valence-electron chi connectivity index (χ0n) is 12.6. The first-order chi connectivity index (χ1) is 11.1. The summed E-state index contributed by atoms with van der Waals surface area (Å²) >= 11 is 0. The first-order valence-corrected chi connectivity index (χ1v) is 6.70. The minimum absolute atomic E-state index is 0.268. The largest absolute Gasteiger partial charge is 0.493 e. The van der Waals surface area contributed by atoms with Crippen LogP contribution in [0.4, 0.5) is 0 Å². The number of carbonyl (C=O) groups is 2. The van der Waals surface area contributed by atoms with Crippen molar-refractivity contribution in [3.63, 3.8) is 0 Å². The Labute approximate surface area is 132 Å². The van der Waals surface area contributed by atoms with Crippen LogP contribution in [0.5, 0.6) is 11.5 Å². The highest BCUT2D eigenvalue weighted by Crippen LogP contribution is 2.28. The molecule has 23 heavy (non-hydrogen) atoms. The number of nitrogens with one attached hydrogen (secondary N) is 1. The number of hydrogen-bond donors (Lipinski definition) is 1. The van der Waals surface area contributed by atoms with Crippen molar-refractivity contribution in [2.75, 3.05) is 7.11 Å². The van der Waals surface area contributed by atoms with E-state index >= 15 is 0 Å². The van der Waals surface area contributed by atoms with Gasteiger partial charge in [0.2, 0.25) is 5.91 Å². The summed E-state index contributed by atoms with van der Waals surface area (Å²) in [5.41, 5.74) is 3.31. The molecule has 1 amide bonds. The predicted molar refractivity (Wildman–Crippen MR) is 83.6 cm³/mol. The van der Waals surface area contributed by atoms with Crippen molar-refractivity contribution in [1.29, 1.82) is 0 Å². The minimum atomic E-state index is -0.531. The minimum Gasteiger partial charge on any atom is -0.493 e. The molecule has 1 heterocycles. The van der Waals surface area contributed by atoms with Gasteiger partial charge in [-0.05, 0) is 35.9 Å². The first-order valence-electron chi connectivity index (χ1n) is 6.70. The predicted octanol–water partition coefficient (Wildman–Crippen LogP) is 1.78. The monoisotopic (exact) mass is 313 g/mol. The van der Waals surface area contributed by atoms with Gasteiger partial charge in [0.15, 0.2) is 11.5 Å². The number of ether oxygens (including phenoxy) is 2. The van der Waals surface area contributed by atoms with Gasteiger partial charge in [-0.25, -0.2) is 10.2 Å². The van der Waals surface area contributed by atoms with Crippen LogP contribution in [0.2, 0.25) is 0 Å². The molecular weight excluding hydrogens is 298 g/mol. The molecule has 2 rings (SSSR count). The lowest BCUT2D eigenvalue weighted by Crippen LogP contribution is -2.12. The van der Waals surface area contributed by atoms with E-state index in [-0.39, 0.29) is 11.7 Å². The molecule has 1 N–H and O–H groups in total. The Morgan fingerprint density at radius 1 is 1.26 bits per heavy atom. The number of pyridine rings is 1. The van der Waals surface area contributed by atoms with Crippen molar-refractivity contribution >= 4 is 18.1 Å². The third-order valence-corrected chi connectivity index (χ3v) is 2.72. The van der Waals surface area contributed by atoms with Crippen LogP contribution in [0.25, 0.3) is 0 Å². The summed E-state index contributed by atoms with van der Waals surface area (Å²) in [5, 5.41) is 3.76. The van der Waals surface area contributed by atoms with Gasteiger partial charge in [0.1, 0.15) is 0 Å². The molecule has 1 aromatic heterocycles. The topological polar surface area (TPSA) is 89.9 Å². The number of rotatable bonds is 5. The number of aromatic nitrogens is 1. The molecule has 0 radical (unpaired) electrons. The van der Waals surface area contributed by atoms with Crippen molar-refractivity contribution in [3.05, 3.63) is 53.9 Å². The van der Waals surface area contributed by atoms with Gasteiger partial charge in [-0.15, -0.1) is 0 Å². The standard InChI is InChI=1S/C16H15N3O4/c1-11(20)19-18-9-12-5-6-14(15(8-12)22-2)23-16(21)13-4-3-7-17-10-13/h3-10H,1-2H3,(H,19,20)/b18-9-. The zero-order valence-corrected chi connectivity index (χ0v) is 12.6. The molecule has 7 heteroatoms. The van der Waals surface area contributed by atoms with Crippen molar-refractivity contribution in [2.45, 2.75) is 6.92 Å². The lowest BCUT2D eigenvalue weighted by atomic mass is 10.2. The van der Waals surface area contributed by atoms with Crippen molar-refractivity contribution in [2.24, 2.45) is 5.10 Å². The highest BCUT2D eigenvalue weighted by Gasteiger charge is 2.12. The summed E-state index contributed by atoms with van der Waals surface area (Å²) in [7, 11) is 1.46. The molecule has 0 aliphatic rings. The van der Waals surface area contributed by atoms with E-state index in [1.165, 1.54) is 26.4 Å². The van der Waals surface area contributed by atoms with Crippen LogP contribution in [0.1, 0.15) is 22.8 Å². The van der Waals surface area contributed by atoms with Crippen LogP contribution in [-0.2, 0) is 4.79 Å². The lowest BCUT2D eigenvalue weighted by Gasteiger charge is -2.09. The molecule has 0 unspecified atom stereocenters. The molecule has 118 valence electrons. The summed E-state index contributed by atoms with van der Waals surface area (Å²) in [6.07, 6.45) is 4.44. The van der Waals surface area contributed by atoms with Crippen molar-refractivity contribution in [3.8, 4) is 11.5 Å². The molecule has 0 atom stereocenters. The molecule has 0 aliphatic carbocycles. The average molecular weight is 313 g/mol. The van der Waals surface area contributed by atoms with Crippen LogP contribution in [0, 0.1) is 0 Å². The Kier molecular flexibility index (Phi) is 5.40. The van der Waals surface area contributed by atoms with Crippen LogP contribution >= 0.6 is 0 Å². The summed E-state index contributed by atoms with van der Waals surface area (Å²) < 4.78 is 10.5. The highest BCUT2D eigenvalue weighted by molar-refractivity contribution is 5.91. The second-order valence-electron chi connectivity index (χ2n) is 4.47. The van der Waals surface area contributed by atoms with E-state index in [1.54, 1.807) is 36.5 Å². The first kappa shape index (κ1) is 16.2. The van der Waals surface area contributed by atoms with Gasteiger partial charge >= 0.3 is 5.97 Å². The van der Waals surface area contributed by atoms with E-state index in [2.05, 4.69) is 15.5 Å². The van der Waals surface area contributed by atoms with Crippen LogP contribution in [-0.4, -0.2) is 30.2 Å². The Balaban J connectivity index is 2.15. The highest BCUT2D eigenvalue weighted by atomic mass is 16.6. The number of benzene rings is 1. The number of hydrazone groups is 1. The van der Waals surface area contributed by atoms with E-state index in [0.717, 1.165) is 0 Å². The van der Waals surface area contributed by atoms with Gasteiger partial charge in [-0.3, -0.25) is 9.78 Å². The normalized spacial score (nSPS) is 10.3. The Morgan fingerprint density at radius 3 is 2.74 bits per heavy atom. The van der Waals surface area contributed by atoms with Gasteiger partial charge in [-0.2, -0.15) is 5.10 Å². The van der Waals surface area contributed by atoms with Crippen LogP contribution in [0.3, 0.4) is 0 Å². The fraction of sp³-hybridized carbons (Fsp3) is 0.125. The number of hydrogen-bond acceptors (Lipinski definition) is 6. The molecule has 2 aromatic rings. The molecule has 0 saturated carbocycles. The maximum absolute atomic E-state index is 12.0. The second-order valence-corrected chi connectivity index (χ2v) is 4.47. The molecule has 0 spiro atoms. The van der Waals surface area contributed by atoms with Gasteiger partial charge in [-0.1, -0.05) is 0 Å². The third-order valence-electron chi connectivity index (χ3n) is 2.72. The summed E-state index contributed by atoms with van der Waals surface area (Å²) in [4.78, 5) is 26.6. The number of methoxy groups -OCH3 is 1. The van der Waals surface area contributed by atoms with E-state index < -0.39 is 5.97 Å². The van der Waals surface area contributed by atoms with Gasteiger partial charge < -0.3 is 9.47 Å². The maximum atomic E-state index is 12.0. The van der Waals surface area contributed by atoms with Gasteiger partial charge in [0.25, 0.3) is 0 Å². The van der Waals surface area contributed by atoms with Crippen LogP contribution in [0.15, 0.2) is 47.8 Å². The number of carbonyl (C=O) groups excluding carboxylic acids is 2. The molecular formula is C16H15N3O4. The third kappa shape index (κ3) is 4.63. The number of esters is 1. The SMILES string of the molecule is COc1cc(/C=N\NC(C)=O)ccc1OC(=O)c1cccnc1. The fourth-order valence-electron chi connectivity index (χ4n) is 1.69. The Bertz CT molecular complexity index is 729. The maximum Gasteiger partial charge on any atom is 0.345 e. The zero-order chi connectivity index (χ0) is 16.7. The van der Waals surface area contributed by atoms with Gasteiger partial charge in [0.05, 0.1) is 18.9 Å². The smallest absolute Gasteiger partial charge is 0.345 e. The molecule has 0 bridgehead atoms. The number of nitrogens with zero attached hydrogens (tertiary/aromatic N) is 2. The Hall–Kier alpha value is -3.22. The molecule has 0 fully saturated rings. The van der Waals surface area contributed by atoms with E-state index in [4.69, 9.17) is 9.47 Å². The fourth-order valence-corrected chi connectivity index (χ4v) is 1.69. The summed E-state index contributed by atoms with van der Waals surface area (Å²) in [6.45, 7) is 1.36. The van der Waals surface area contributed by atoms with Crippen LogP contribution < -0.4 is 14.9 Å². The number of amides is 1. The second kappa shape index (κ2) is 7.69. The average Bonchev–Trinajstić information content (AvgIpc) is 2.56. The summed E-state index contributed by atoms with van der Waals surface area (Å²) in [5.74, 6) is -0.154. The molecule has 0 saturated heterocycles. The van der Waals surface area contributed by atoms with Crippen molar-refractivity contribution < 1.29 is 19.1 Å². The quantitative estimate of drug-likeness (QED) is 0.393. The molecule has 0 aliphatic heterocycles. The van der Waals surface area contributed by atoms with Crippen molar-refractivity contribution in [1.82, 2.24) is 10.4 Å². The van der Waals surface area contributed by atoms with E-state index in [9.17, 15) is 9.59 Å². The lowest BCUT2D eigenvalue weighted by molar-refractivity contribution is -0.118.